The van der Waals surface area contributed by atoms with Gasteiger partial charge in [-0.1, -0.05) is 47.8 Å². The van der Waals surface area contributed by atoms with E-state index in [1.165, 1.54) is 7.11 Å². The number of aromatic nitrogens is 2. The summed E-state index contributed by atoms with van der Waals surface area (Å²) in [6.07, 6.45) is 1.71. The van der Waals surface area contributed by atoms with Gasteiger partial charge in [0.05, 0.1) is 30.3 Å². The normalized spacial score (nSPS) is 17.7. The minimum Gasteiger partial charge on any atom is -0.469 e. The Morgan fingerprint density at radius 1 is 1.03 bits per heavy atom. The van der Waals surface area contributed by atoms with Gasteiger partial charge in [-0.25, -0.2) is 9.78 Å². The highest BCUT2D eigenvalue weighted by Gasteiger charge is 2.36. The predicted molar refractivity (Wildman–Crippen MR) is 145 cm³/mol. The molecule has 2 aromatic heterocycles. The van der Waals surface area contributed by atoms with Crippen molar-refractivity contribution in [2.24, 2.45) is 11.8 Å². The summed E-state index contributed by atoms with van der Waals surface area (Å²) in [6, 6.07) is 10.5. The van der Waals surface area contributed by atoms with Crippen LogP contribution < -0.4 is 10.6 Å². The molecule has 2 heterocycles. The van der Waals surface area contributed by atoms with E-state index in [-0.39, 0.29) is 17.6 Å². The zero-order valence-electron chi connectivity index (χ0n) is 22.2. The molecule has 1 aliphatic rings. The molecule has 0 spiro atoms. The second kappa shape index (κ2) is 12.3. The first-order valence-corrected chi connectivity index (χ1v) is 13.1. The topological polar surface area (TPSA) is 133 Å². The molecule has 39 heavy (non-hydrogen) atoms. The van der Waals surface area contributed by atoms with Crippen LogP contribution in [0, 0.1) is 25.7 Å². The van der Waals surface area contributed by atoms with Crippen molar-refractivity contribution in [3.8, 4) is 11.5 Å². The van der Waals surface area contributed by atoms with Gasteiger partial charge < -0.3 is 19.3 Å². The first kappa shape index (κ1) is 28.1. The average molecular weight is 555 g/mol. The highest BCUT2D eigenvalue weighted by atomic mass is 35.5. The zero-order valence-corrected chi connectivity index (χ0v) is 23.0. The van der Waals surface area contributed by atoms with E-state index in [1.54, 1.807) is 51.1 Å². The van der Waals surface area contributed by atoms with Crippen LogP contribution in [-0.2, 0) is 19.1 Å². The lowest BCUT2D eigenvalue weighted by molar-refractivity contribution is -0.151. The van der Waals surface area contributed by atoms with Crippen molar-refractivity contribution in [3.05, 3.63) is 58.4 Å². The molecule has 4 rings (SSSR count). The van der Waals surface area contributed by atoms with E-state index in [1.807, 2.05) is 6.07 Å². The first-order valence-electron chi connectivity index (χ1n) is 12.7. The van der Waals surface area contributed by atoms with Gasteiger partial charge >= 0.3 is 12.1 Å². The van der Waals surface area contributed by atoms with Crippen molar-refractivity contribution < 1.29 is 28.4 Å². The number of hydrogen-bond acceptors (Lipinski definition) is 8. The highest BCUT2D eigenvalue weighted by molar-refractivity contribution is 6.31. The average Bonchev–Trinajstić information content (AvgIpc) is 3.28. The molecule has 0 aliphatic heterocycles. The molecule has 206 valence electrons. The van der Waals surface area contributed by atoms with Gasteiger partial charge in [-0.05, 0) is 51.8 Å². The number of anilines is 2. The lowest BCUT2D eigenvalue weighted by Gasteiger charge is -2.28. The number of methoxy groups -OCH3 is 1. The van der Waals surface area contributed by atoms with E-state index in [0.29, 0.717) is 51.9 Å². The molecule has 3 aromatic rings. The Balaban J connectivity index is 1.47. The van der Waals surface area contributed by atoms with Crippen LogP contribution in [0.1, 0.15) is 55.7 Å². The number of nitrogens with one attached hydrogen (secondary N) is 2. The molecule has 1 aromatic carbocycles. The number of carbonyl (C=O) groups excluding carboxylic acids is 3. The number of pyridine rings is 1. The van der Waals surface area contributed by atoms with Gasteiger partial charge in [-0.15, -0.1) is 0 Å². The SMILES string of the molecule is COC(=O)[C@@H]1CCCC[C@@H]1C(=O)Nc1ccc(-c2onc(C)c2NC(=O)O[C@H](C)c2ccccc2Cl)nc1C. The Bertz CT molecular complexity index is 1370. The molecule has 3 atom stereocenters. The minimum atomic E-state index is -0.705. The second-order valence-corrected chi connectivity index (χ2v) is 9.91. The third-order valence-corrected chi connectivity index (χ3v) is 7.24. The summed E-state index contributed by atoms with van der Waals surface area (Å²) in [4.78, 5) is 42.5. The molecule has 0 saturated heterocycles. The van der Waals surface area contributed by atoms with Crippen LogP contribution in [0.2, 0.25) is 5.02 Å². The van der Waals surface area contributed by atoms with Gasteiger partial charge in [0.15, 0.2) is 0 Å². The van der Waals surface area contributed by atoms with Crippen LogP contribution in [-0.4, -0.2) is 35.2 Å². The van der Waals surface area contributed by atoms with E-state index in [9.17, 15) is 14.4 Å². The maximum absolute atomic E-state index is 13.1. The second-order valence-electron chi connectivity index (χ2n) is 9.51. The molecule has 1 saturated carbocycles. The number of carbonyl (C=O) groups is 3. The third kappa shape index (κ3) is 6.39. The molecule has 2 amide bonds. The largest absolute Gasteiger partial charge is 0.469 e. The summed E-state index contributed by atoms with van der Waals surface area (Å²) < 4.78 is 15.9. The fourth-order valence-corrected chi connectivity index (χ4v) is 5.06. The molecule has 0 unspecified atom stereocenters. The summed E-state index contributed by atoms with van der Waals surface area (Å²) >= 11 is 6.21. The predicted octanol–water partition coefficient (Wildman–Crippen LogP) is 6.23. The van der Waals surface area contributed by atoms with E-state index in [4.69, 9.17) is 25.6 Å². The number of rotatable bonds is 7. The Kier molecular flexibility index (Phi) is 8.86. The zero-order chi connectivity index (χ0) is 28.1. The van der Waals surface area contributed by atoms with E-state index < -0.39 is 24.0 Å². The molecule has 0 radical (unpaired) electrons. The Hall–Kier alpha value is -3.92. The van der Waals surface area contributed by atoms with E-state index in [2.05, 4.69) is 20.8 Å². The number of halogens is 1. The maximum atomic E-state index is 13.1. The molecule has 0 bridgehead atoms. The summed E-state index contributed by atoms with van der Waals surface area (Å²) in [5, 5.41) is 10.1. The van der Waals surface area contributed by atoms with Crippen molar-refractivity contribution in [3.63, 3.8) is 0 Å². The van der Waals surface area contributed by atoms with Gasteiger partial charge in [0.1, 0.15) is 23.2 Å². The van der Waals surface area contributed by atoms with Crippen molar-refractivity contribution in [1.82, 2.24) is 10.1 Å². The van der Waals surface area contributed by atoms with Crippen molar-refractivity contribution in [2.75, 3.05) is 17.7 Å². The summed E-state index contributed by atoms with van der Waals surface area (Å²) in [6.45, 7) is 5.15. The van der Waals surface area contributed by atoms with Crippen LogP contribution in [0.3, 0.4) is 0 Å². The highest BCUT2D eigenvalue weighted by Crippen LogP contribution is 2.34. The van der Waals surface area contributed by atoms with Gasteiger partial charge in [-0.3, -0.25) is 14.9 Å². The minimum absolute atomic E-state index is 0.240. The van der Waals surface area contributed by atoms with Gasteiger partial charge in [-0.2, -0.15) is 0 Å². The van der Waals surface area contributed by atoms with Crippen LogP contribution >= 0.6 is 11.6 Å². The Labute approximate surface area is 231 Å². The standard InChI is InChI=1S/C28H31ClN4O6/c1-15-22(31-26(34)19-10-5-6-11-20(19)27(35)37-4)13-14-23(30-15)25-24(16(2)33-39-25)32-28(36)38-17(3)18-9-7-8-12-21(18)29/h7-9,12-14,17,19-20H,5-6,10-11H2,1-4H3,(H,31,34)(H,32,36)/t17-,19+,20-/m1/s1. The summed E-state index contributed by atoms with van der Waals surface area (Å²) in [7, 11) is 1.34. The number of hydrogen-bond donors (Lipinski definition) is 2. The van der Waals surface area contributed by atoms with Gasteiger partial charge in [0.25, 0.3) is 0 Å². The van der Waals surface area contributed by atoms with Crippen molar-refractivity contribution in [2.45, 2.75) is 52.6 Å². The molecule has 10 nitrogen and oxygen atoms in total. The first-order chi connectivity index (χ1) is 18.7. The smallest absolute Gasteiger partial charge is 0.412 e. The molecule has 2 N–H and O–H groups in total. The number of aryl methyl sites for hydroxylation is 2. The fraction of sp³-hybridized carbons (Fsp3) is 0.393. The number of esters is 1. The monoisotopic (exact) mass is 554 g/mol. The van der Waals surface area contributed by atoms with E-state index >= 15 is 0 Å². The van der Waals surface area contributed by atoms with E-state index in [0.717, 1.165) is 12.8 Å². The number of amides is 2. The fourth-order valence-electron chi connectivity index (χ4n) is 4.78. The molecular weight excluding hydrogens is 524 g/mol. The molecule has 1 aliphatic carbocycles. The summed E-state index contributed by atoms with van der Waals surface area (Å²) in [5.41, 5.74) is 2.88. The van der Waals surface area contributed by atoms with Crippen LogP contribution in [0.5, 0.6) is 0 Å². The summed E-state index contributed by atoms with van der Waals surface area (Å²) in [5.74, 6) is -1.27. The van der Waals surface area contributed by atoms with Crippen LogP contribution in [0.4, 0.5) is 16.2 Å². The number of benzene rings is 1. The number of ether oxygens (including phenoxy) is 2. The lowest BCUT2D eigenvalue weighted by Crippen LogP contribution is -2.36. The van der Waals surface area contributed by atoms with Crippen molar-refractivity contribution in [1.29, 1.82) is 0 Å². The van der Waals surface area contributed by atoms with Crippen molar-refractivity contribution >= 4 is 40.9 Å². The van der Waals surface area contributed by atoms with Crippen LogP contribution in [0.25, 0.3) is 11.5 Å². The van der Waals surface area contributed by atoms with Crippen LogP contribution in [0.15, 0.2) is 40.9 Å². The van der Waals surface area contributed by atoms with Gasteiger partial charge in [0, 0.05) is 10.6 Å². The molecule has 11 heteroatoms. The lowest BCUT2D eigenvalue weighted by atomic mass is 9.78. The third-order valence-electron chi connectivity index (χ3n) is 6.90. The quantitative estimate of drug-likeness (QED) is 0.328. The van der Waals surface area contributed by atoms with Gasteiger partial charge in [0.2, 0.25) is 11.7 Å². The Morgan fingerprint density at radius 3 is 2.44 bits per heavy atom. The number of nitrogens with zero attached hydrogens (tertiary/aromatic N) is 2. The maximum Gasteiger partial charge on any atom is 0.412 e. The Morgan fingerprint density at radius 2 is 1.74 bits per heavy atom. The molecular formula is C28H31ClN4O6. The molecule has 1 fully saturated rings.